The van der Waals surface area contributed by atoms with Crippen molar-refractivity contribution in [3.8, 4) is 11.5 Å². The third-order valence-electron chi connectivity index (χ3n) is 7.04. The van der Waals surface area contributed by atoms with Crippen LogP contribution in [0.2, 0.25) is 0 Å². The van der Waals surface area contributed by atoms with E-state index in [4.69, 9.17) is 14.2 Å². The zero-order valence-corrected chi connectivity index (χ0v) is 19.2. The van der Waals surface area contributed by atoms with Crippen molar-refractivity contribution < 1.29 is 23.8 Å². The minimum atomic E-state index is -0.590. The molecule has 2 aromatic rings. The Kier molecular flexibility index (Phi) is 6.13. The first-order valence-corrected chi connectivity index (χ1v) is 11.2. The van der Waals surface area contributed by atoms with E-state index in [0.717, 1.165) is 31.2 Å². The molecule has 2 aromatic carbocycles. The number of amides is 2. The zero-order valence-electron chi connectivity index (χ0n) is 19.2. The van der Waals surface area contributed by atoms with Crippen LogP contribution in [0.3, 0.4) is 0 Å². The molecule has 0 saturated heterocycles. The minimum absolute atomic E-state index is 0.152. The molecule has 0 spiro atoms. The minimum Gasteiger partial charge on any atom is -0.493 e. The van der Waals surface area contributed by atoms with Crippen molar-refractivity contribution in [3.05, 3.63) is 59.2 Å². The van der Waals surface area contributed by atoms with Crippen molar-refractivity contribution in [2.75, 3.05) is 14.2 Å². The summed E-state index contributed by atoms with van der Waals surface area (Å²) in [5, 5.41) is 0. The van der Waals surface area contributed by atoms with Gasteiger partial charge in [-0.15, -0.1) is 0 Å². The fourth-order valence-electron chi connectivity index (χ4n) is 5.20. The van der Waals surface area contributed by atoms with Crippen molar-refractivity contribution in [2.45, 2.75) is 57.6 Å². The summed E-state index contributed by atoms with van der Waals surface area (Å²) in [6.07, 6.45) is 3.09. The number of methoxy groups -OCH3 is 2. The first-order chi connectivity index (χ1) is 15.4. The topological polar surface area (TPSA) is 65.1 Å². The average molecular weight is 438 g/mol. The van der Waals surface area contributed by atoms with Gasteiger partial charge in [-0.1, -0.05) is 56.7 Å². The molecule has 0 unspecified atom stereocenters. The highest BCUT2D eigenvalue weighted by atomic mass is 16.6. The molecule has 4 rings (SSSR count). The van der Waals surface area contributed by atoms with Gasteiger partial charge in [0.05, 0.1) is 26.3 Å². The number of rotatable bonds is 5. The molecule has 0 aromatic heterocycles. The lowest BCUT2D eigenvalue weighted by Crippen LogP contribution is -2.44. The van der Waals surface area contributed by atoms with Crippen LogP contribution in [0.15, 0.2) is 42.5 Å². The van der Waals surface area contributed by atoms with Gasteiger partial charge in [0, 0.05) is 5.92 Å². The maximum Gasteiger partial charge on any atom is 0.417 e. The molecule has 1 aliphatic heterocycles. The molecule has 170 valence electrons. The van der Waals surface area contributed by atoms with E-state index in [1.165, 1.54) is 24.7 Å². The monoisotopic (exact) mass is 437 g/mol. The third kappa shape index (κ3) is 3.83. The lowest BCUT2D eigenvalue weighted by molar-refractivity contribution is -0.00429. The predicted octanol–water partition coefficient (Wildman–Crippen LogP) is 5.33. The van der Waals surface area contributed by atoms with E-state index < -0.39 is 12.0 Å². The van der Waals surface area contributed by atoms with Gasteiger partial charge >= 0.3 is 6.09 Å². The molecule has 0 N–H and O–H groups in total. The van der Waals surface area contributed by atoms with Crippen molar-refractivity contribution in [3.63, 3.8) is 0 Å². The smallest absolute Gasteiger partial charge is 0.417 e. The first kappa shape index (κ1) is 22.2. The number of nitrogens with zero attached hydrogens (tertiary/aromatic N) is 1. The van der Waals surface area contributed by atoms with E-state index in [9.17, 15) is 9.59 Å². The van der Waals surface area contributed by atoms with Gasteiger partial charge in [0.1, 0.15) is 6.10 Å². The van der Waals surface area contributed by atoms with Crippen LogP contribution < -0.4 is 9.47 Å². The molecular formula is C26H31NO5. The quantitative estimate of drug-likeness (QED) is 0.632. The second-order valence-electron chi connectivity index (χ2n) is 9.13. The summed E-state index contributed by atoms with van der Waals surface area (Å²) in [4.78, 5) is 27.5. The van der Waals surface area contributed by atoms with Gasteiger partial charge in [0.15, 0.2) is 11.5 Å². The van der Waals surface area contributed by atoms with Crippen LogP contribution in [-0.2, 0) is 16.7 Å². The van der Waals surface area contributed by atoms with Gasteiger partial charge in [-0.05, 0) is 41.9 Å². The van der Waals surface area contributed by atoms with Gasteiger partial charge in [-0.3, -0.25) is 4.79 Å². The Morgan fingerprint density at radius 1 is 1.00 bits per heavy atom. The summed E-state index contributed by atoms with van der Waals surface area (Å²) in [6, 6.07) is 13.9. The highest BCUT2D eigenvalue weighted by Crippen LogP contribution is 2.43. The number of imide groups is 1. The number of hydrogen-bond acceptors (Lipinski definition) is 5. The van der Waals surface area contributed by atoms with Crippen LogP contribution in [0.4, 0.5) is 4.79 Å². The molecule has 32 heavy (non-hydrogen) atoms. The predicted molar refractivity (Wildman–Crippen MR) is 121 cm³/mol. The zero-order chi connectivity index (χ0) is 22.9. The Balaban J connectivity index is 1.54. The number of fused-ring (bicyclic) bond motifs is 1. The van der Waals surface area contributed by atoms with Gasteiger partial charge in [-0.2, -0.15) is 0 Å². The standard InChI is InChI=1S/C26H31NO5/c1-26(2,18-10-6-5-7-11-18)19-12-8-9-13-20(19)32-25(29)27-16-17-14-15-21(30-3)23(31-4)22(17)24(27)28/h5-7,10-11,14-15,19-20H,8-9,12-13,16H2,1-4H3/t19-,20-/m0/s1. The molecule has 0 bridgehead atoms. The fourth-order valence-corrected chi connectivity index (χ4v) is 5.20. The highest BCUT2D eigenvalue weighted by molar-refractivity contribution is 6.08. The lowest BCUT2D eigenvalue weighted by atomic mass is 9.66. The first-order valence-electron chi connectivity index (χ1n) is 11.2. The second kappa shape index (κ2) is 8.85. The number of carbonyl (C=O) groups is 2. The largest absolute Gasteiger partial charge is 0.493 e. The van der Waals surface area contributed by atoms with Crippen LogP contribution in [0.25, 0.3) is 0 Å². The Bertz CT molecular complexity index is 1000. The molecule has 1 aliphatic carbocycles. The van der Waals surface area contributed by atoms with E-state index >= 15 is 0 Å². The molecule has 2 atom stereocenters. The average Bonchev–Trinajstić information content (AvgIpc) is 3.16. The Morgan fingerprint density at radius 3 is 2.41 bits per heavy atom. The van der Waals surface area contributed by atoms with Crippen LogP contribution in [0.5, 0.6) is 11.5 Å². The number of ether oxygens (including phenoxy) is 3. The molecule has 6 nitrogen and oxygen atoms in total. The van der Waals surface area contributed by atoms with Crippen molar-refractivity contribution in [1.82, 2.24) is 4.90 Å². The van der Waals surface area contributed by atoms with Gasteiger partial charge in [0.25, 0.3) is 5.91 Å². The van der Waals surface area contributed by atoms with Crippen molar-refractivity contribution >= 4 is 12.0 Å². The molecule has 1 heterocycles. The third-order valence-corrected chi connectivity index (χ3v) is 7.04. The summed E-state index contributed by atoms with van der Waals surface area (Å²) in [5.74, 6) is 0.588. The van der Waals surface area contributed by atoms with E-state index in [1.54, 1.807) is 12.1 Å². The van der Waals surface area contributed by atoms with Crippen molar-refractivity contribution in [2.24, 2.45) is 5.92 Å². The summed E-state index contributed by atoms with van der Waals surface area (Å²) in [6.45, 7) is 4.60. The van der Waals surface area contributed by atoms with Crippen LogP contribution in [0, 0.1) is 5.92 Å². The van der Waals surface area contributed by atoms with E-state index in [0.29, 0.717) is 17.1 Å². The Hall–Kier alpha value is -3.02. The number of hydrogen-bond donors (Lipinski definition) is 0. The van der Waals surface area contributed by atoms with Gasteiger partial charge in [-0.25, -0.2) is 9.69 Å². The van der Waals surface area contributed by atoms with Gasteiger partial charge in [0.2, 0.25) is 0 Å². The van der Waals surface area contributed by atoms with Gasteiger partial charge < -0.3 is 14.2 Å². The molecule has 2 amide bonds. The molecule has 1 saturated carbocycles. The SMILES string of the molecule is COc1ccc2c(c1OC)C(=O)N(C(=O)O[C@H]1CCCC[C@@H]1C(C)(C)c1ccccc1)C2. The fraction of sp³-hybridized carbons (Fsp3) is 0.462. The Labute approximate surface area is 189 Å². The van der Waals surface area contributed by atoms with E-state index in [2.05, 4.69) is 26.0 Å². The lowest BCUT2D eigenvalue weighted by Gasteiger charge is -2.42. The highest BCUT2D eigenvalue weighted by Gasteiger charge is 2.43. The summed E-state index contributed by atoms with van der Waals surface area (Å²) < 4.78 is 16.7. The van der Waals surface area contributed by atoms with Crippen LogP contribution in [0.1, 0.15) is 61.0 Å². The normalized spacial score (nSPS) is 20.6. The van der Waals surface area contributed by atoms with Crippen LogP contribution >= 0.6 is 0 Å². The maximum absolute atomic E-state index is 13.2. The molecule has 6 heteroatoms. The molecule has 0 radical (unpaired) electrons. The summed E-state index contributed by atoms with van der Waals surface area (Å²) >= 11 is 0. The van der Waals surface area contributed by atoms with E-state index in [-0.39, 0.29) is 24.0 Å². The maximum atomic E-state index is 13.2. The number of benzene rings is 2. The summed E-state index contributed by atoms with van der Waals surface area (Å²) in [5.41, 5.74) is 2.18. The summed E-state index contributed by atoms with van der Waals surface area (Å²) in [7, 11) is 3.01. The Morgan fingerprint density at radius 2 is 1.72 bits per heavy atom. The van der Waals surface area contributed by atoms with Crippen LogP contribution in [-0.4, -0.2) is 37.2 Å². The molecule has 2 aliphatic rings. The molecular weight excluding hydrogens is 406 g/mol. The number of carbonyl (C=O) groups excluding carboxylic acids is 2. The van der Waals surface area contributed by atoms with E-state index in [1.807, 2.05) is 18.2 Å². The van der Waals surface area contributed by atoms with Crippen molar-refractivity contribution in [1.29, 1.82) is 0 Å². The molecule has 1 fully saturated rings. The second-order valence-corrected chi connectivity index (χ2v) is 9.13.